The summed E-state index contributed by atoms with van der Waals surface area (Å²) in [5.41, 5.74) is 6.37. The van der Waals surface area contributed by atoms with Crippen LogP contribution in [-0.2, 0) is 6.54 Å². The van der Waals surface area contributed by atoms with Gasteiger partial charge in [0.1, 0.15) is 0 Å². The van der Waals surface area contributed by atoms with Crippen molar-refractivity contribution in [1.29, 1.82) is 0 Å². The van der Waals surface area contributed by atoms with Crippen LogP contribution in [0.3, 0.4) is 0 Å². The van der Waals surface area contributed by atoms with Crippen molar-refractivity contribution in [3.8, 4) is 0 Å². The highest BCUT2D eigenvalue weighted by Gasteiger charge is 2.07. The summed E-state index contributed by atoms with van der Waals surface area (Å²) in [4.78, 5) is 3.93. The van der Waals surface area contributed by atoms with Crippen molar-refractivity contribution in [3.63, 3.8) is 0 Å². The second kappa shape index (κ2) is 4.61. The molecule has 0 bridgehead atoms. The normalized spacial score (nSPS) is 10.7. The largest absolute Gasteiger partial charge is 0.366 e. The first-order chi connectivity index (χ1) is 7.56. The number of aromatic nitrogens is 3. The number of hydrogen-bond acceptors (Lipinski definition) is 3. The van der Waals surface area contributed by atoms with Gasteiger partial charge in [-0.15, -0.1) is 5.10 Å². The van der Waals surface area contributed by atoms with Crippen molar-refractivity contribution >= 4 is 45.1 Å². The molecule has 0 saturated heterocycles. The number of hydrogen-bond donors (Lipinski definition) is 1. The van der Waals surface area contributed by atoms with E-state index in [4.69, 9.17) is 28.9 Å². The van der Waals surface area contributed by atoms with Gasteiger partial charge in [0, 0.05) is 10.0 Å². The van der Waals surface area contributed by atoms with Gasteiger partial charge in [0.05, 0.1) is 6.54 Å². The molecule has 0 unspecified atom stereocenters. The number of anilines is 1. The van der Waals surface area contributed by atoms with Crippen molar-refractivity contribution in [3.05, 3.63) is 38.5 Å². The lowest BCUT2D eigenvalue weighted by Crippen LogP contribution is -2.03. The zero-order valence-corrected chi connectivity index (χ0v) is 11.1. The van der Waals surface area contributed by atoms with Crippen LogP contribution in [-0.4, -0.2) is 14.8 Å². The average molecular weight is 322 g/mol. The Kier molecular flexibility index (Phi) is 3.37. The van der Waals surface area contributed by atoms with Gasteiger partial charge < -0.3 is 5.73 Å². The first-order valence-corrected chi connectivity index (χ1v) is 5.91. The summed E-state index contributed by atoms with van der Waals surface area (Å²) in [6.45, 7) is 0.487. The number of halogens is 3. The summed E-state index contributed by atoms with van der Waals surface area (Å²) >= 11 is 15.1. The molecule has 2 rings (SSSR count). The van der Waals surface area contributed by atoms with Crippen LogP contribution >= 0.6 is 39.1 Å². The number of rotatable bonds is 2. The molecular weight excluding hydrogens is 315 g/mol. The topological polar surface area (TPSA) is 56.7 Å². The quantitative estimate of drug-likeness (QED) is 0.925. The van der Waals surface area contributed by atoms with Crippen LogP contribution in [0, 0.1) is 0 Å². The molecule has 7 heteroatoms. The van der Waals surface area contributed by atoms with E-state index in [1.165, 1.54) is 0 Å². The minimum Gasteiger partial charge on any atom is -0.366 e. The molecule has 1 aromatic heterocycles. The van der Waals surface area contributed by atoms with E-state index in [0.717, 1.165) is 5.56 Å². The number of nitrogen functional groups attached to an aromatic ring is 1. The lowest BCUT2D eigenvalue weighted by molar-refractivity contribution is 0.670. The third-order valence-corrected chi connectivity index (χ3v) is 3.15. The van der Waals surface area contributed by atoms with E-state index < -0.39 is 0 Å². The highest BCUT2D eigenvalue weighted by Crippen LogP contribution is 2.22. The molecule has 0 spiro atoms. The lowest BCUT2D eigenvalue weighted by atomic mass is 10.2. The average Bonchev–Trinajstić information content (AvgIpc) is 2.50. The van der Waals surface area contributed by atoms with Crippen molar-refractivity contribution in [2.45, 2.75) is 6.54 Å². The molecule has 0 atom stereocenters. The molecule has 0 aliphatic heterocycles. The number of nitrogens with two attached hydrogens (primary N) is 1. The number of benzene rings is 1. The lowest BCUT2D eigenvalue weighted by Gasteiger charge is -2.05. The second-order valence-corrected chi connectivity index (χ2v) is 4.69. The summed E-state index contributed by atoms with van der Waals surface area (Å²) < 4.78 is 2.18. The first kappa shape index (κ1) is 11.7. The molecule has 1 aromatic carbocycles. The van der Waals surface area contributed by atoms with Gasteiger partial charge in [-0.25, -0.2) is 4.68 Å². The summed E-state index contributed by atoms with van der Waals surface area (Å²) in [6.07, 6.45) is 0. The predicted octanol–water partition coefficient (Wildman–Crippen LogP) is 2.98. The monoisotopic (exact) mass is 320 g/mol. The van der Waals surface area contributed by atoms with E-state index in [1.807, 2.05) is 6.07 Å². The van der Waals surface area contributed by atoms with Crippen LogP contribution in [0.4, 0.5) is 5.95 Å². The molecule has 0 fully saturated rings. The highest BCUT2D eigenvalue weighted by atomic mass is 79.9. The van der Waals surface area contributed by atoms with E-state index in [2.05, 4.69) is 26.0 Å². The van der Waals surface area contributed by atoms with Crippen LogP contribution in [0.2, 0.25) is 10.0 Å². The number of nitrogens with zero attached hydrogens (tertiary/aromatic N) is 3. The maximum Gasteiger partial charge on any atom is 0.240 e. The van der Waals surface area contributed by atoms with Crippen molar-refractivity contribution in [2.75, 3.05) is 5.73 Å². The standard InChI is InChI=1S/C9H7BrCl2N4/c10-8-14-9(13)15-16(8)4-5-1-2-6(11)3-7(5)12/h1-3H,4H2,(H2,13,15). The Hall–Kier alpha value is -0.780. The molecule has 0 amide bonds. The van der Waals surface area contributed by atoms with Crippen molar-refractivity contribution < 1.29 is 0 Å². The smallest absolute Gasteiger partial charge is 0.240 e. The Morgan fingerprint density at radius 3 is 2.69 bits per heavy atom. The van der Waals surface area contributed by atoms with Gasteiger partial charge in [-0.3, -0.25) is 0 Å². The molecule has 2 N–H and O–H groups in total. The van der Waals surface area contributed by atoms with E-state index in [0.29, 0.717) is 21.3 Å². The van der Waals surface area contributed by atoms with Crippen LogP contribution in [0.5, 0.6) is 0 Å². The predicted molar refractivity (Wildman–Crippen MR) is 67.7 cm³/mol. The molecule has 84 valence electrons. The van der Waals surface area contributed by atoms with Gasteiger partial charge in [0.25, 0.3) is 0 Å². The summed E-state index contributed by atoms with van der Waals surface area (Å²) in [5, 5.41) is 5.21. The second-order valence-electron chi connectivity index (χ2n) is 3.13. The Bertz CT molecular complexity index is 526. The molecule has 2 aromatic rings. The fourth-order valence-electron chi connectivity index (χ4n) is 1.25. The molecule has 16 heavy (non-hydrogen) atoms. The van der Waals surface area contributed by atoms with Crippen LogP contribution in [0.1, 0.15) is 5.56 Å². The third-order valence-electron chi connectivity index (χ3n) is 1.98. The van der Waals surface area contributed by atoms with E-state index in [-0.39, 0.29) is 5.95 Å². The molecular formula is C9H7BrCl2N4. The molecule has 4 nitrogen and oxygen atoms in total. The van der Waals surface area contributed by atoms with E-state index >= 15 is 0 Å². The fraction of sp³-hybridized carbons (Fsp3) is 0.111. The minimum absolute atomic E-state index is 0.219. The first-order valence-electron chi connectivity index (χ1n) is 4.36. The van der Waals surface area contributed by atoms with Crippen LogP contribution in [0.15, 0.2) is 22.9 Å². The van der Waals surface area contributed by atoms with Gasteiger partial charge in [-0.2, -0.15) is 4.98 Å². The van der Waals surface area contributed by atoms with E-state index in [9.17, 15) is 0 Å². The minimum atomic E-state index is 0.219. The van der Waals surface area contributed by atoms with Crippen molar-refractivity contribution in [2.24, 2.45) is 0 Å². The Balaban J connectivity index is 2.30. The summed E-state index contributed by atoms with van der Waals surface area (Å²) in [7, 11) is 0. The van der Waals surface area contributed by atoms with E-state index in [1.54, 1.807) is 16.8 Å². The Morgan fingerprint density at radius 2 is 2.12 bits per heavy atom. The van der Waals surface area contributed by atoms with Gasteiger partial charge in [0.15, 0.2) is 4.73 Å². The maximum atomic E-state index is 6.05. The Morgan fingerprint density at radius 1 is 1.38 bits per heavy atom. The van der Waals surface area contributed by atoms with Gasteiger partial charge in [-0.05, 0) is 33.6 Å². The van der Waals surface area contributed by atoms with Crippen molar-refractivity contribution in [1.82, 2.24) is 14.8 Å². The van der Waals surface area contributed by atoms with Crippen LogP contribution in [0.25, 0.3) is 0 Å². The molecule has 1 heterocycles. The summed E-state index contributed by atoms with van der Waals surface area (Å²) in [5.74, 6) is 0.219. The Labute approximate surface area is 110 Å². The van der Waals surface area contributed by atoms with Crippen LogP contribution < -0.4 is 5.73 Å². The zero-order chi connectivity index (χ0) is 11.7. The third kappa shape index (κ3) is 2.48. The summed E-state index contributed by atoms with van der Waals surface area (Å²) in [6, 6.07) is 5.30. The zero-order valence-electron chi connectivity index (χ0n) is 7.99. The van der Waals surface area contributed by atoms with Gasteiger partial charge >= 0.3 is 0 Å². The molecule has 0 aliphatic rings. The fourth-order valence-corrected chi connectivity index (χ4v) is 2.11. The molecule has 0 aliphatic carbocycles. The highest BCUT2D eigenvalue weighted by molar-refractivity contribution is 9.10. The molecule has 0 saturated carbocycles. The SMILES string of the molecule is Nc1nc(Br)n(Cc2ccc(Cl)cc2Cl)n1. The van der Waals surface area contributed by atoms with Gasteiger partial charge in [0.2, 0.25) is 5.95 Å². The molecule has 0 radical (unpaired) electrons. The van der Waals surface area contributed by atoms with Gasteiger partial charge in [-0.1, -0.05) is 29.3 Å². The maximum absolute atomic E-state index is 6.05.